The normalized spacial score (nSPS) is 17.3. The molecule has 55 heavy (non-hydrogen) atoms. The molecule has 2 aliphatic rings. The molecule has 6 rings (SSSR count). The topological polar surface area (TPSA) is 101 Å². The van der Waals surface area contributed by atoms with E-state index in [1.807, 2.05) is 4.90 Å². The fourth-order valence-electron chi connectivity index (χ4n) is 7.28. The second-order valence-corrected chi connectivity index (χ2v) is 15.8. The van der Waals surface area contributed by atoms with Crippen LogP contribution in [0.25, 0.3) is 22.2 Å². The molecule has 1 atom stereocenters. The van der Waals surface area contributed by atoms with E-state index in [-0.39, 0.29) is 74.4 Å². The van der Waals surface area contributed by atoms with Crippen molar-refractivity contribution in [3.8, 4) is 17.0 Å². The number of pyridine rings is 1. The number of aromatic nitrogens is 1. The molecule has 0 aliphatic carbocycles. The SMILES string of the molecule is CCOc1cc2nc(-c3cccc(C(F)(F)F)c3)c(CN3CCC(N4CCOCC4)CC3)c(C(=O)N[C@H](c3ccccc3)C(F)(F)F)c2cc1S(=O)(=O)CC. The number of sulfone groups is 1. The van der Waals surface area contributed by atoms with Crippen molar-refractivity contribution in [2.45, 2.75) is 62.6 Å². The molecule has 1 amide bonds. The van der Waals surface area contributed by atoms with Crippen LogP contribution in [0.1, 0.15) is 59.8 Å². The molecule has 2 fully saturated rings. The first-order chi connectivity index (χ1) is 26.1. The number of amides is 1. The van der Waals surface area contributed by atoms with Crippen LogP contribution in [-0.2, 0) is 27.3 Å². The maximum atomic E-state index is 14.7. The molecule has 1 aromatic heterocycles. The standard InChI is InChI=1S/C39H42F6N4O5S/c1-3-54-32-23-31-29(22-33(32)55(51,52)4-2)34(37(50)47-36(39(43,44)45)25-9-6-5-7-10-25)30(35(46-31)26-11-8-12-27(21-26)38(40,41)42)24-48-15-13-28(14-16-48)49-17-19-53-20-18-49/h5-12,21-23,28,36H,3-4,13-20,24H2,1-2H3,(H,47,50)/t36-/m1/s1. The van der Waals surface area contributed by atoms with Crippen LogP contribution in [-0.4, -0.2) is 93.1 Å². The zero-order valence-corrected chi connectivity index (χ0v) is 31.2. The van der Waals surface area contributed by atoms with Crippen molar-refractivity contribution in [2.75, 3.05) is 51.8 Å². The van der Waals surface area contributed by atoms with Gasteiger partial charge in [0.2, 0.25) is 0 Å². The van der Waals surface area contributed by atoms with Gasteiger partial charge in [0.1, 0.15) is 10.6 Å². The van der Waals surface area contributed by atoms with Crippen molar-refractivity contribution >= 4 is 26.6 Å². The zero-order chi connectivity index (χ0) is 39.5. The maximum absolute atomic E-state index is 14.7. The van der Waals surface area contributed by atoms with E-state index in [4.69, 9.17) is 14.5 Å². The second-order valence-electron chi connectivity index (χ2n) is 13.6. The van der Waals surface area contributed by atoms with Crippen molar-refractivity contribution in [3.05, 3.63) is 89.0 Å². The molecule has 0 saturated carbocycles. The number of hydrogen-bond acceptors (Lipinski definition) is 8. The van der Waals surface area contributed by atoms with Gasteiger partial charge < -0.3 is 14.8 Å². The Morgan fingerprint density at radius 2 is 1.64 bits per heavy atom. The summed E-state index contributed by atoms with van der Waals surface area (Å²) in [6, 6.07) is 11.3. The number of halogens is 6. The molecule has 3 aromatic carbocycles. The summed E-state index contributed by atoms with van der Waals surface area (Å²) in [5.74, 6) is -1.67. The number of likely N-dealkylation sites (tertiary alicyclic amines) is 1. The van der Waals surface area contributed by atoms with Gasteiger partial charge in [-0.15, -0.1) is 0 Å². The first-order valence-electron chi connectivity index (χ1n) is 18.1. The summed E-state index contributed by atoms with van der Waals surface area (Å²) in [5, 5.41) is 2.06. The van der Waals surface area contributed by atoms with Gasteiger partial charge in [-0.2, -0.15) is 26.3 Å². The number of ether oxygens (including phenoxy) is 2. The molecule has 9 nitrogen and oxygen atoms in total. The van der Waals surface area contributed by atoms with Crippen LogP contribution < -0.4 is 10.1 Å². The van der Waals surface area contributed by atoms with E-state index in [9.17, 15) is 39.6 Å². The first-order valence-corrected chi connectivity index (χ1v) is 19.8. The highest BCUT2D eigenvalue weighted by molar-refractivity contribution is 7.91. The lowest BCUT2D eigenvalue weighted by atomic mass is 9.93. The number of alkyl halides is 6. The van der Waals surface area contributed by atoms with E-state index in [0.717, 1.165) is 38.1 Å². The highest BCUT2D eigenvalue weighted by Gasteiger charge is 2.43. The largest absolute Gasteiger partial charge is 0.492 e. The summed E-state index contributed by atoms with van der Waals surface area (Å²) in [4.78, 5) is 23.4. The van der Waals surface area contributed by atoms with E-state index in [0.29, 0.717) is 26.3 Å². The number of nitrogens with zero attached hydrogens (tertiary/aromatic N) is 3. The number of carbonyl (C=O) groups excluding carboxylic acids is 1. The van der Waals surface area contributed by atoms with Crippen LogP contribution >= 0.6 is 0 Å². The van der Waals surface area contributed by atoms with Gasteiger partial charge in [0.15, 0.2) is 15.9 Å². The fourth-order valence-corrected chi connectivity index (χ4v) is 8.32. The Morgan fingerprint density at radius 3 is 2.25 bits per heavy atom. The Bertz CT molecular complexity index is 2100. The van der Waals surface area contributed by atoms with Crippen LogP contribution in [0.3, 0.4) is 0 Å². The summed E-state index contributed by atoms with van der Waals surface area (Å²) < 4.78 is 124. The van der Waals surface area contributed by atoms with E-state index in [1.54, 1.807) is 6.92 Å². The summed E-state index contributed by atoms with van der Waals surface area (Å²) in [7, 11) is -4.03. The minimum absolute atomic E-state index is 0.0253. The number of morpholine rings is 1. The monoisotopic (exact) mass is 792 g/mol. The van der Waals surface area contributed by atoms with Gasteiger partial charge in [-0.1, -0.05) is 49.4 Å². The molecule has 0 radical (unpaired) electrons. The lowest BCUT2D eigenvalue weighted by Gasteiger charge is -2.40. The second kappa shape index (κ2) is 16.5. The van der Waals surface area contributed by atoms with E-state index in [2.05, 4.69) is 10.2 Å². The molecule has 3 heterocycles. The number of hydrogen-bond donors (Lipinski definition) is 1. The quantitative estimate of drug-likeness (QED) is 0.157. The molecular weight excluding hydrogens is 751 g/mol. The number of nitrogens with one attached hydrogen (secondary N) is 1. The van der Waals surface area contributed by atoms with Crippen LogP contribution in [0.4, 0.5) is 26.3 Å². The Labute approximate surface area is 315 Å². The van der Waals surface area contributed by atoms with E-state index in [1.165, 1.54) is 61.5 Å². The van der Waals surface area contributed by atoms with Gasteiger partial charge in [0.05, 0.1) is 47.9 Å². The molecule has 2 saturated heterocycles. The minimum Gasteiger partial charge on any atom is -0.492 e. The molecule has 0 spiro atoms. The maximum Gasteiger partial charge on any atom is 0.416 e. The molecule has 1 N–H and O–H groups in total. The average Bonchev–Trinajstić information content (AvgIpc) is 3.16. The third-order valence-electron chi connectivity index (χ3n) is 10.1. The number of rotatable bonds is 11. The summed E-state index contributed by atoms with van der Waals surface area (Å²) in [6.07, 6.45) is -8.25. The lowest BCUT2D eigenvalue weighted by Crippen LogP contribution is -2.48. The summed E-state index contributed by atoms with van der Waals surface area (Å²) in [5.41, 5.74) is -1.64. The third-order valence-corrected chi connectivity index (χ3v) is 11.8. The molecule has 16 heteroatoms. The first kappa shape index (κ1) is 40.4. The highest BCUT2D eigenvalue weighted by atomic mass is 32.2. The average molecular weight is 793 g/mol. The van der Waals surface area contributed by atoms with Crippen LogP contribution in [0.2, 0.25) is 0 Å². The van der Waals surface area contributed by atoms with Crippen LogP contribution in [0.15, 0.2) is 71.6 Å². The summed E-state index contributed by atoms with van der Waals surface area (Å²) >= 11 is 0. The molecule has 0 unspecified atom stereocenters. The van der Waals surface area contributed by atoms with Crippen molar-refractivity contribution in [1.82, 2.24) is 20.1 Å². The van der Waals surface area contributed by atoms with Gasteiger partial charge in [-0.05, 0) is 56.6 Å². The van der Waals surface area contributed by atoms with Gasteiger partial charge in [0.25, 0.3) is 5.91 Å². The predicted molar refractivity (Wildman–Crippen MR) is 194 cm³/mol. The molecule has 4 aromatic rings. The predicted octanol–water partition coefficient (Wildman–Crippen LogP) is 7.44. The number of piperidine rings is 1. The van der Waals surface area contributed by atoms with E-state index >= 15 is 0 Å². The zero-order valence-electron chi connectivity index (χ0n) is 30.3. The van der Waals surface area contributed by atoms with Gasteiger partial charge in [-0.3, -0.25) is 14.6 Å². The summed E-state index contributed by atoms with van der Waals surface area (Å²) in [6.45, 7) is 6.81. The lowest BCUT2D eigenvalue weighted by molar-refractivity contribution is -0.155. The fraction of sp³-hybridized carbons (Fsp3) is 0.436. The van der Waals surface area contributed by atoms with Crippen molar-refractivity contribution in [3.63, 3.8) is 0 Å². The van der Waals surface area contributed by atoms with E-state index < -0.39 is 39.7 Å². The smallest absolute Gasteiger partial charge is 0.416 e. The minimum atomic E-state index is -4.95. The third kappa shape index (κ3) is 9.08. The Balaban J connectivity index is 1.58. The number of fused-ring (bicyclic) bond motifs is 1. The Hall–Kier alpha value is -4.25. The highest BCUT2D eigenvalue weighted by Crippen LogP contribution is 2.40. The van der Waals surface area contributed by atoms with Crippen molar-refractivity contribution in [1.29, 1.82) is 0 Å². The molecule has 0 bridgehead atoms. The van der Waals surface area contributed by atoms with Gasteiger partial charge >= 0.3 is 12.4 Å². The number of benzene rings is 3. The van der Waals surface area contributed by atoms with Crippen LogP contribution in [0, 0.1) is 0 Å². The molecule has 296 valence electrons. The van der Waals surface area contributed by atoms with Gasteiger partial charge in [-0.25, -0.2) is 13.4 Å². The van der Waals surface area contributed by atoms with Gasteiger partial charge in [0, 0.05) is 48.3 Å². The molecular formula is C39H42F6N4O5S. The number of carbonyl (C=O) groups is 1. The van der Waals surface area contributed by atoms with Crippen molar-refractivity contribution < 1.29 is 49.0 Å². The molecule has 2 aliphatic heterocycles. The Kier molecular flexibility index (Phi) is 12.1. The Morgan fingerprint density at radius 1 is 0.945 bits per heavy atom. The van der Waals surface area contributed by atoms with Crippen molar-refractivity contribution in [2.24, 2.45) is 0 Å². The van der Waals surface area contributed by atoms with Crippen LogP contribution in [0.5, 0.6) is 5.75 Å².